The molecule has 104 valence electrons. The molecule has 0 spiro atoms. The highest BCUT2D eigenvalue weighted by molar-refractivity contribution is 5.76. The Morgan fingerprint density at radius 2 is 1.94 bits per heavy atom. The first-order valence-corrected chi connectivity index (χ1v) is 6.83. The predicted octanol–water partition coefficient (Wildman–Crippen LogP) is 2.97. The van der Waals surface area contributed by atoms with Crippen molar-refractivity contribution in [3.05, 3.63) is 0 Å². The fraction of sp³-hybridized carbons (Fsp3) is 0.929. The molecule has 0 aromatic heterocycles. The molecular formula is C14H25NO3. The largest absolute Gasteiger partial charge is 0.424 e. The van der Waals surface area contributed by atoms with Gasteiger partial charge < -0.3 is 14.2 Å². The third-order valence-electron chi connectivity index (χ3n) is 3.67. The molecule has 1 unspecified atom stereocenters. The molecule has 2 heterocycles. The van der Waals surface area contributed by atoms with Gasteiger partial charge in [0.15, 0.2) is 11.4 Å². The van der Waals surface area contributed by atoms with E-state index in [0.29, 0.717) is 17.7 Å². The molecule has 0 saturated carbocycles. The molecule has 0 aromatic carbocycles. The molecule has 0 aromatic rings. The lowest BCUT2D eigenvalue weighted by atomic mass is 9.74. The zero-order chi connectivity index (χ0) is 13.6. The maximum Gasteiger partial charge on any atom is 0.357 e. The predicted molar refractivity (Wildman–Crippen MR) is 70.4 cm³/mol. The Labute approximate surface area is 110 Å². The van der Waals surface area contributed by atoms with Crippen molar-refractivity contribution in [3.63, 3.8) is 0 Å². The smallest absolute Gasteiger partial charge is 0.357 e. The standard InChI is InChI=1S/C14H25NO3/c1-9(2)7-12-13(8-10(3)4)14(16-6,18-12)17-11(5)15-13/h9-10,12H,7-8H2,1-6H3/t12-,13?,14+/m1/s1. The number of rotatable bonds is 5. The second-order valence-electron chi connectivity index (χ2n) is 6.25. The molecule has 0 aliphatic carbocycles. The minimum Gasteiger partial charge on any atom is -0.424 e. The van der Waals surface area contributed by atoms with Gasteiger partial charge in [-0.3, -0.25) is 0 Å². The molecule has 0 N–H and O–H groups in total. The Morgan fingerprint density at radius 1 is 1.28 bits per heavy atom. The van der Waals surface area contributed by atoms with Crippen molar-refractivity contribution in [2.45, 2.75) is 65.1 Å². The number of ether oxygens (including phenoxy) is 3. The van der Waals surface area contributed by atoms with Crippen molar-refractivity contribution < 1.29 is 14.2 Å². The van der Waals surface area contributed by atoms with Gasteiger partial charge in [0.1, 0.15) is 0 Å². The maximum atomic E-state index is 5.93. The van der Waals surface area contributed by atoms with Gasteiger partial charge in [-0.1, -0.05) is 27.7 Å². The first-order chi connectivity index (χ1) is 8.35. The Kier molecular flexibility index (Phi) is 3.45. The molecule has 1 fully saturated rings. The van der Waals surface area contributed by atoms with E-state index in [1.54, 1.807) is 7.11 Å². The summed E-state index contributed by atoms with van der Waals surface area (Å²) >= 11 is 0. The van der Waals surface area contributed by atoms with Crippen LogP contribution in [0, 0.1) is 11.8 Å². The second-order valence-corrected chi connectivity index (χ2v) is 6.25. The zero-order valence-corrected chi connectivity index (χ0v) is 12.3. The fourth-order valence-corrected chi connectivity index (χ4v) is 3.14. The Bertz CT molecular complexity index is 353. The first-order valence-electron chi connectivity index (χ1n) is 6.83. The quantitative estimate of drug-likeness (QED) is 0.758. The van der Waals surface area contributed by atoms with E-state index in [9.17, 15) is 0 Å². The molecule has 18 heavy (non-hydrogen) atoms. The van der Waals surface area contributed by atoms with Gasteiger partial charge in [0, 0.05) is 14.0 Å². The van der Waals surface area contributed by atoms with Gasteiger partial charge >= 0.3 is 5.97 Å². The molecular weight excluding hydrogens is 230 g/mol. The summed E-state index contributed by atoms with van der Waals surface area (Å²) in [4.78, 5) is 4.75. The van der Waals surface area contributed by atoms with Crippen molar-refractivity contribution in [1.82, 2.24) is 0 Å². The summed E-state index contributed by atoms with van der Waals surface area (Å²) in [6.45, 7) is 10.7. The van der Waals surface area contributed by atoms with Crippen LogP contribution in [0.25, 0.3) is 0 Å². The van der Waals surface area contributed by atoms with Crippen LogP contribution < -0.4 is 0 Å². The van der Waals surface area contributed by atoms with E-state index >= 15 is 0 Å². The van der Waals surface area contributed by atoms with Gasteiger partial charge in [0.05, 0.1) is 6.10 Å². The number of methoxy groups -OCH3 is 1. The topological polar surface area (TPSA) is 40.0 Å². The number of hydrogen-bond donors (Lipinski definition) is 0. The highest BCUT2D eigenvalue weighted by atomic mass is 16.9. The lowest BCUT2D eigenvalue weighted by Crippen LogP contribution is -2.73. The summed E-state index contributed by atoms with van der Waals surface area (Å²) < 4.78 is 17.2. The second kappa shape index (κ2) is 4.49. The Morgan fingerprint density at radius 3 is 2.44 bits per heavy atom. The van der Waals surface area contributed by atoms with E-state index in [1.807, 2.05) is 6.92 Å². The molecule has 2 rings (SSSR count). The van der Waals surface area contributed by atoms with E-state index in [1.165, 1.54) is 0 Å². The Hall–Kier alpha value is -0.610. The van der Waals surface area contributed by atoms with Crippen LogP contribution in [0.3, 0.4) is 0 Å². The summed E-state index contributed by atoms with van der Waals surface area (Å²) in [7, 11) is 1.63. The summed E-state index contributed by atoms with van der Waals surface area (Å²) in [5.74, 6) is 0.797. The highest BCUT2D eigenvalue weighted by Gasteiger charge is 2.74. The van der Waals surface area contributed by atoms with Crippen molar-refractivity contribution >= 4 is 5.90 Å². The third-order valence-corrected chi connectivity index (χ3v) is 3.67. The van der Waals surface area contributed by atoms with Crippen molar-refractivity contribution in [2.24, 2.45) is 16.8 Å². The molecule has 1 saturated heterocycles. The average molecular weight is 255 g/mol. The van der Waals surface area contributed by atoms with Gasteiger partial charge in [-0.25, -0.2) is 4.99 Å². The molecule has 2 aliphatic heterocycles. The van der Waals surface area contributed by atoms with Gasteiger partial charge in [0.2, 0.25) is 0 Å². The highest BCUT2D eigenvalue weighted by Crippen LogP contribution is 2.55. The van der Waals surface area contributed by atoms with Crippen LogP contribution in [-0.4, -0.2) is 30.6 Å². The Balaban J connectivity index is 2.28. The minimum absolute atomic E-state index is 0.0947. The third kappa shape index (κ3) is 1.86. The fourth-order valence-electron chi connectivity index (χ4n) is 3.14. The average Bonchev–Trinajstić information content (AvgIpc) is 2.44. The summed E-state index contributed by atoms with van der Waals surface area (Å²) in [5.41, 5.74) is -0.357. The minimum atomic E-state index is -0.971. The summed E-state index contributed by atoms with van der Waals surface area (Å²) in [5, 5.41) is 0. The van der Waals surface area contributed by atoms with E-state index < -0.39 is 5.97 Å². The lowest BCUT2D eigenvalue weighted by molar-refractivity contribution is -0.463. The summed E-state index contributed by atoms with van der Waals surface area (Å²) in [6, 6.07) is 0. The van der Waals surface area contributed by atoms with Gasteiger partial charge in [-0.05, 0) is 24.7 Å². The van der Waals surface area contributed by atoms with Gasteiger partial charge in [-0.15, -0.1) is 0 Å². The lowest BCUT2D eigenvalue weighted by Gasteiger charge is -2.55. The van der Waals surface area contributed by atoms with E-state index in [4.69, 9.17) is 19.2 Å². The van der Waals surface area contributed by atoms with Crippen molar-refractivity contribution in [1.29, 1.82) is 0 Å². The SMILES string of the molecule is CO[C@]12OC(C)=NC1(CC(C)C)[C@@H](CC(C)C)O2. The molecule has 0 amide bonds. The number of aliphatic imine (C=N–C) groups is 1. The van der Waals surface area contributed by atoms with Gasteiger partial charge in [-0.2, -0.15) is 0 Å². The zero-order valence-electron chi connectivity index (χ0n) is 12.3. The monoisotopic (exact) mass is 255 g/mol. The van der Waals surface area contributed by atoms with Gasteiger partial charge in [0.25, 0.3) is 0 Å². The summed E-state index contributed by atoms with van der Waals surface area (Å²) in [6.07, 6.45) is 2.00. The van der Waals surface area contributed by atoms with E-state index in [0.717, 1.165) is 12.8 Å². The number of nitrogens with zero attached hydrogens (tertiary/aromatic N) is 1. The van der Waals surface area contributed by atoms with Crippen LogP contribution >= 0.6 is 0 Å². The van der Waals surface area contributed by atoms with Crippen LogP contribution in [0.4, 0.5) is 0 Å². The van der Waals surface area contributed by atoms with Crippen molar-refractivity contribution in [2.75, 3.05) is 7.11 Å². The van der Waals surface area contributed by atoms with Crippen LogP contribution in [0.15, 0.2) is 4.99 Å². The van der Waals surface area contributed by atoms with Crippen LogP contribution in [0.2, 0.25) is 0 Å². The first kappa shape index (κ1) is 13.8. The van der Waals surface area contributed by atoms with Crippen LogP contribution in [-0.2, 0) is 14.2 Å². The van der Waals surface area contributed by atoms with E-state index in [2.05, 4.69) is 27.7 Å². The molecule has 4 heteroatoms. The number of hydrogen-bond acceptors (Lipinski definition) is 4. The molecule has 4 nitrogen and oxygen atoms in total. The van der Waals surface area contributed by atoms with Crippen LogP contribution in [0.1, 0.15) is 47.5 Å². The normalized spacial score (nSPS) is 38.4. The number of fused-ring (bicyclic) bond motifs is 1. The molecule has 0 radical (unpaired) electrons. The molecule has 3 atom stereocenters. The van der Waals surface area contributed by atoms with Crippen molar-refractivity contribution in [3.8, 4) is 0 Å². The van der Waals surface area contributed by atoms with E-state index in [-0.39, 0.29) is 11.6 Å². The molecule has 2 aliphatic rings. The van der Waals surface area contributed by atoms with Crippen LogP contribution in [0.5, 0.6) is 0 Å². The maximum absolute atomic E-state index is 5.93. The molecule has 0 bridgehead atoms.